The molecule has 1 atom stereocenters. The first kappa shape index (κ1) is 9.65. The zero-order chi connectivity index (χ0) is 9.80. The van der Waals surface area contributed by atoms with Crippen molar-refractivity contribution in [1.82, 2.24) is 15.5 Å². The minimum absolute atomic E-state index is 0.557. The standard InChI is InChI=1S/C10H17N3O/c1-2-4-10-12-9(13-14-10)7-8-5-3-6-11-8/h8,11H,2-7H2,1H3. The molecular formula is C10H17N3O. The molecule has 1 aliphatic heterocycles. The molecule has 0 amide bonds. The van der Waals surface area contributed by atoms with Gasteiger partial charge in [0.1, 0.15) is 0 Å². The Hall–Kier alpha value is -0.900. The van der Waals surface area contributed by atoms with Crippen LogP contribution in [0.15, 0.2) is 4.52 Å². The topological polar surface area (TPSA) is 51.0 Å². The van der Waals surface area contributed by atoms with E-state index in [0.717, 1.165) is 37.5 Å². The average Bonchev–Trinajstić information content (AvgIpc) is 2.79. The summed E-state index contributed by atoms with van der Waals surface area (Å²) in [4.78, 5) is 4.35. The van der Waals surface area contributed by atoms with Gasteiger partial charge in [0.05, 0.1) is 0 Å². The predicted octanol–water partition coefficient (Wildman–Crippen LogP) is 1.32. The van der Waals surface area contributed by atoms with E-state index < -0.39 is 0 Å². The van der Waals surface area contributed by atoms with Gasteiger partial charge < -0.3 is 9.84 Å². The van der Waals surface area contributed by atoms with Gasteiger partial charge in [-0.2, -0.15) is 4.98 Å². The summed E-state index contributed by atoms with van der Waals surface area (Å²) in [5.74, 6) is 1.63. The summed E-state index contributed by atoms with van der Waals surface area (Å²) in [6.07, 6.45) is 5.36. The van der Waals surface area contributed by atoms with E-state index in [2.05, 4.69) is 22.4 Å². The summed E-state index contributed by atoms with van der Waals surface area (Å²) < 4.78 is 5.13. The molecule has 1 N–H and O–H groups in total. The molecule has 0 radical (unpaired) electrons. The Morgan fingerprint density at radius 2 is 2.50 bits per heavy atom. The molecule has 1 unspecified atom stereocenters. The SMILES string of the molecule is CCCc1nc(CC2CCCN2)no1. The second-order valence-corrected chi connectivity index (χ2v) is 3.85. The van der Waals surface area contributed by atoms with Gasteiger partial charge in [-0.05, 0) is 25.8 Å². The second kappa shape index (κ2) is 4.55. The fourth-order valence-electron chi connectivity index (χ4n) is 1.84. The number of hydrogen-bond acceptors (Lipinski definition) is 4. The molecule has 4 nitrogen and oxygen atoms in total. The fraction of sp³-hybridized carbons (Fsp3) is 0.800. The van der Waals surface area contributed by atoms with Crippen molar-refractivity contribution in [3.8, 4) is 0 Å². The quantitative estimate of drug-likeness (QED) is 0.787. The number of aryl methyl sites for hydroxylation is 1. The van der Waals surface area contributed by atoms with E-state index in [0.29, 0.717) is 6.04 Å². The Morgan fingerprint density at radius 3 is 3.21 bits per heavy atom. The summed E-state index contributed by atoms with van der Waals surface area (Å²) in [5.41, 5.74) is 0. The molecule has 78 valence electrons. The molecule has 1 aromatic rings. The first-order chi connectivity index (χ1) is 6.88. The summed E-state index contributed by atoms with van der Waals surface area (Å²) in [7, 11) is 0. The third-order valence-corrected chi connectivity index (χ3v) is 2.57. The highest BCUT2D eigenvalue weighted by Gasteiger charge is 2.17. The van der Waals surface area contributed by atoms with Crippen LogP contribution in [0.2, 0.25) is 0 Å². The number of rotatable bonds is 4. The van der Waals surface area contributed by atoms with Gasteiger partial charge in [-0.25, -0.2) is 0 Å². The Labute approximate surface area is 84.1 Å². The normalized spacial score (nSPS) is 21.6. The summed E-state index contributed by atoms with van der Waals surface area (Å²) in [6.45, 7) is 3.24. The number of hydrogen-bond donors (Lipinski definition) is 1. The van der Waals surface area contributed by atoms with Gasteiger partial charge in [-0.1, -0.05) is 12.1 Å². The van der Waals surface area contributed by atoms with Gasteiger partial charge in [0.25, 0.3) is 0 Å². The molecule has 0 bridgehead atoms. The first-order valence-corrected chi connectivity index (χ1v) is 5.43. The van der Waals surface area contributed by atoms with Crippen molar-refractivity contribution >= 4 is 0 Å². The molecule has 1 fully saturated rings. The molecule has 4 heteroatoms. The lowest BCUT2D eigenvalue weighted by Gasteiger charge is -2.04. The van der Waals surface area contributed by atoms with E-state index in [1.807, 2.05) is 0 Å². The minimum Gasteiger partial charge on any atom is -0.339 e. The summed E-state index contributed by atoms with van der Waals surface area (Å²) in [6, 6.07) is 0.557. The van der Waals surface area contributed by atoms with Crippen molar-refractivity contribution in [2.75, 3.05) is 6.54 Å². The second-order valence-electron chi connectivity index (χ2n) is 3.85. The number of nitrogens with one attached hydrogen (secondary N) is 1. The Morgan fingerprint density at radius 1 is 1.57 bits per heavy atom. The molecule has 0 aliphatic carbocycles. The monoisotopic (exact) mass is 195 g/mol. The van der Waals surface area contributed by atoms with Crippen LogP contribution in [0.25, 0.3) is 0 Å². The van der Waals surface area contributed by atoms with Crippen molar-refractivity contribution in [2.45, 2.75) is 45.1 Å². The van der Waals surface area contributed by atoms with Gasteiger partial charge in [0.2, 0.25) is 5.89 Å². The third-order valence-electron chi connectivity index (χ3n) is 2.57. The lowest BCUT2D eigenvalue weighted by molar-refractivity contribution is 0.370. The molecule has 1 aromatic heterocycles. The highest BCUT2D eigenvalue weighted by atomic mass is 16.5. The van der Waals surface area contributed by atoms with Crippen LogP contribution in [-0.4, -0.2) is 22.7 Å². The minimum atomic E-state index is 0.557. The molecule has 0 spiro atoms. The van der Waals surface area contributed by atoms with Gasteiger partial charge >= 0.3 is 0 Å². The first-order valence-electron chi connectivity index (χ1n) is 5.43. The van der Waals surface area contributed by atoms with Crippen molar-refractivity contribution in [3.05, 3.63) is 11.7 Å². The van der Waals surface area contributed by atoms with Crippen molar-refractivity contribution in [2.24, 2.45) is 0 Å². The Balaban J connectivity index is 1.88. The predicted molar refractivity (Wildman–Crippen MR) is 53.0 cm³/mol. The molecule has 0 aromatic carbocycles. The van der Waals surface area contributed by atoms with Crippen LogP contribution in [0.1, 0.15) is 37.9 Å². The van der Waals surface area contributed by atoms with Crippen molar-refractivity contribution in [1.29, 1.82) is 0 Å². The molecule has 1 aliphatic rings. The number of nitrogens with zero attached hydrogens (tertiary/aromatic N) is 2. The molecule has 1 saturated heterocycles. The maximum Gasteiger partial charge on any atom is 0.226 e. The van der Waals surface area contributed by atoms with Crippen LogP contribution < -0.4 is 5.32 Å². The van der Waals surface area contributed by atoms with Gasteiger partial charge in [-0.15, -0.1) is 0 Å². The molecule has 2 rings (SSSR count). The van der Waals surface area contributed by atoms with Crippen LogP contribution in [-0.2, 0) is 12.8 Å². The van der Waals surface area contributed by atoms with E-state index in [1.165, 1.54) is 12.8 Å². The van der Waals surface area contributed by atoms with Crippen LogP contribution in [0, 0.1) is 0 Å². The highest BCUT2D eigenvalue weighted by molar-refractivity contribution is 4.91. The Kier molecular flexibility index (Phi) is 3.14. The molecular weight excluding hydrogens is 178 g/mol. The van der Waals surface area contributed by atoms with Gasteiger partial charge in [0.15, 0.2) is 5.82 Å². The maximum absolute atomic E-state index is 5.13. The smallest absolute Gasteiger partial charge is 0.226 e. The van der Waals surface area contributed by atoms with E-state index in [-0.39, 0.29) is 0 Å². The third kappa shape index (κ3) is 2.32. The molecule has 0 saturated carbocycles. The lowest BCUT2D eigenvalue weighted by Crippen LogP contribution is -2.24. The fourth-order valence-corrected chi connectivity index (χ4v) is 1.84. The maximum atomic E-state index is 5.13. The van der Waals surface area contributed by atoms with Crippen LogP contribution in [0.4, 0.5) is 0 Å². The van der Waals surface area contributed by atoms with Gasteiger partial charge in [-0.3, -0.25) is 0 Å². The van der Waals surface area contributed by atoms with Crippen molar-refractivity contribution in [3.63, 3.8) is 0 Å². The average molecular weight is 195 g/mol. The highest BCUT2D eigenvalue weighted by Crippen LogP contribution is 2.10. The molecule has 14 heavy (non-hydrogen) atoms. The zero-order valence-corrected chi connectivity index (χ0v) is 8.62. The van der Waals surface area contributed by atoms with E-state index in [9.17, 15) is 0 Å². The Bertz CT molecular complexity index is 279. The summed E-state index contributed by atoms with van der Waals surface area (Å²) >= 11 is 0. The van der Waals surface area contributed by atoms with Gasteiger partial charge in [0, 0.05) is 18.9 Å². The molecule has 2 heterocycles. The van der Waals surface area contributed by atoms with Crippen LogP contribution >= 0.6 is 0 Å². The summed E-state index contributed by atoms with van der Waals surface area (Å²) in [5, 5.41) is 7.40. The van der Waals surface area contributed by atoms with E-state index >= 15 is 0 Å². The van der Waals surface area contributed by atoms with E-state index in [1.54, 1.807) is 0 Å². The van der Waals surface area contributed by atoms with E-state index in [4.69, 9.17) is 4.52 Å². The largest absolute Gasteiger partial charge is 0.339 e. The van der Waals surface area contributed by atoms with Crippen LogP contribution in [0.5, 0.6) is 0 Å². The lowest BCUT2D eigenvalue weighted by atomic mass is 10.1. The van der Waals surface area contributed by atoms with Crippen molar-refractivity contribution < 1.29 is 4.52 Å². The number of aromatic nitrogens is 2. The zero-order valence-electron chi connectivity index (χ0n) is 8.62. The van der Waals surface area contributed by atoms with Crippen LogP contribution in [0.3, 0.4) is 0 Å².